The Bertz CT molecular complexity index is 1040. The van der Waals surface area contributed by atoms with E-state index in [0.717, 1.165) is 5.56 Å². The molecule has 0 unspecified atom stereocenters. The van der Waals surface area contributed by atoms with E-state index < -0.39 is 11.7 Å². The Morgan fingerprint density at radius 1 is 1.15 bits per heavy atom. The van der Waals surface area contributed by atoms with Crippen molar-refractivity contribution >= 4 is 22.7 Å². The molecule has 132 valence electrons. The predicted octanol–water partition coefficient (Wildman–Crippen LogP) is 3.10. The van der Waals surface area contributed by atoms with Crippen LogP contribution in [0.15, 0.2) is 42.6 Å². The maximum atomic E-state index is 13.6. The first kappa shape index (κ1) is 16.1. The zero-order valence-electron chi connectivity index (χ0n) is 13.9. The number of hydrogen-bond acceptors (Lipinski definition) is 4. The molecule has 6 nitrogen and oxygen atoms in total. The number of hydrogen-bond donors (Lipinski definition) is 1. The first-order valence-electron chi connectivity index (χ1n) is 8.01. The molecule has 1 N–H and O–H groups in total. The SMILES string of the molecule is CC(=O)n1cc(C(=O)NCc2ccc3c(c2)OCO3)c2cc(F)ccc21. The highest BCUT2D eigenvalue weighted by Crippen LogP contribution is 2.32. The van der Waals surface area contributed by atoms with Crippen LogP contribution in [0.5, 0.6) is 11.5 Å². The maximum absolute atomic E-state index is 13.6. The number of ether oxygens (including phenoxy) is 2. The smallest absolute Gasteiger partial charge is 0.253 e. The average molecular weight is 354 g/mol. The summed E-state index contributed by atoms with van der Waals surface area (Å²) in [6.07, 6.45) is 1.43. The number of benzene rings is 2. The number of fused-ring (bicyclic) bond motifs is 2. The molecule has 26 heavy (non-hydrogen) atoms. The molecule has 7 heteroatoms. The summed E-state index contributed by atoms with van der Waals surface area (Å²) in [7, 11) is 0. The Morgan fingerprint density at radius 2 is 1.96 bits per heavy atom. The molecule has 0 bridgehead atoms. The van der Waals surface area contributed by atoms with Crippen LogP contribution in [0.25, 0.3) is 10.9 Å². The fourth-order valence-electron chi connectivity index (χ4n) is 2.97. The van der Waals surface area contributed by atoms with E-state index in [-0.39, 0.29) is 24.8 Å². The Labute approximate surface area is 148 Å². The quantitative estimate of drug-likeness (QED) is 0.785. The van der Waals surface area contributed by atoms with Gasteiger partial charge in [-0.1, -0.05) is 6.07 Å². The van der Waals surface area contributed by atoms with E-state index in [1.165, 1.54) is 35.9 Å². The normalized spacial score (nSPS) is 12.4. The molecule has 0 saturated carbocycles. The van der Waals surface area contributed by atoms with Crippen LogP contribution in [-0.4, -0.2) is 23.2 Å². The zero-order valence-corrected chi connectivity index (χ0v) is 13.9. The summed E-state index contributed by atoms with van der Waals surface area (Å²) in [5.41, 5.74) is 1.58. The number of nitrogens with zero attached hydrogens (tertiary/aromatic N) is 1. The number of rotatable bonds is 3. The Kier molecular flexibility index (Phi) is 3.84. The lowest BCUT2D eigenvalue weighted by molar-refractivity contribution is 0.0941. The molecule has 0 fully saturated rings. The highest BCUT2D eigenvalue weighted by molar-refractivity contribution is 6.09. The van der Waals surface area contributed by atoms with Crippen molar-refractivity contribution in [3.05, 3.63) is 59.5 Å². The first-order chi connectivity index (χ1) is 12.5. The van der Waals surface area contributed by atoms with Gasteiger partial charge in [0, 0.05) is 25.1 Å². The lowest BCUT2D eigenvalue weighted by Gasteiger charge is -2.06. The molecule has 1 aliphatic rings. The minimum atomic E-state index is -0.469. The van der Waals surface area contributed by atoms with Crippen LogP contribution in [0.4, 0.5) is 4.39 Å². The van der Waals surface area contributed by atoms with Gasteiger partial charge in [-0.15, -0.1) is 0 Å². The van der Waals surface area contributed by atoms with Crippen molar-refractivity contribution < 1.29 is 23.5 Å². The molecule has 4 rings (SSSR count). The lowest BCUT2D eigenvalue weighted by Crippen LogP contribution is -2.22. The van der Waals surface area contributed by atoms with Crippen LogP contribution in [0, 0.1) is 5.82 Å². The summed E-state index contributed by atoms with van der Waals surface area (Å²) < 4.78 is 25.5. The Balaban J connectivity index is 1.60. The van der Waals surface area contributed by atoms with E-state index in [1.807, 2.05) is 6.07 Å². The number of nitrogens with one attached hydrogen (secondary N) is 1. The third-order valence-corrected chi connectivity index (χ3v) is 4.24. The number of carbonyl (C=O) groups is 2. The van der Waals surface area contributed by atoms with Gasteiger partial charge in [0.25, 0.3) is 5.91 Å². The van der Waals surface area contributed by atoms with Crippen LogP contribution >= 0.6 is 0 Å². The van der Waals surface area contributed by atoms with Crippen molar-refractivity contribution in [1.82, 2.24) is 9.88 Å². The number of halogens is 1. The molecule has 0 aliphatic carbocycles. The lowest BCUT2D eigenvalue weighted by atomic mass is 10.1. The molecule has 0 radical (unpaired) electrons. The van der Waals surface area contributed by atoms with Gasteiger partial charge in [0.05, 0.1) is 11.1 Å². The second-order valence-electron chi connectivity index (χ2n) is 5.96. The highest BCUT2D eigenvalue weighted by atomic mass is 19.1. The van der Waals surface area contributed by atoms with Crippen molar-refractivity contribution in [1.29, 1.82) is 0 Å². The van der Waals surface area contributed by atoms with Gasteiger partial charge in [0.2, 0.25) is 12.7 Å². The molecular weight excluding hydrogens is 339 g/mol. The monoisotopic (exact) mass is 354 g/mol. The van der Waals surface area contributed by atoms with Gasteiger partial charge >= 0.3 is 0 Å². The van der Waals surface area contributed by atoms with Gasteiger partial charge in [-0.3, -0.25) is 14.2 Å². The molecule has 1 aromatic heterocycles. The van der Waals surface area contributed by atoms with Crippen molar-refractivity contribution in [2.45, 2.75) is 13.5 Å². The van der Waals surface area contributed by atoms with E-state index in [4.69, 9.17) is 9.47 Å². The molecule has 0 atom stereocenters. The van der Waals surface area contributed by atoms with Crippen LogP contribution in [-0.2, 0) is 6.54 Å². The Morgan fingerprint density at radius 3 is 2.77 bits per heavy atom. The largest absolute Gasteiger partial charge is 0.454 e. The van der Waals surface area contributed by atoms with Gasteiger partial charge in [0.1, 0.15) is 5.82 Å². The number of aromatic nitrogens is 1. The zero-order chi connectivity index (χ0) is 18.3. The van der Waals surface area contributed by atoms with E-state index in [1.54, 1.807) is 12.1 Å². The third kappa shape index (κ3) is 2.77. The minimum Gasteiger partial charge on any atom is -0.454 e. The second-order valence-corrected chi connectivity index (χ2v) is 5.96. The van der Waals surface area contributed by atoms with Gasteiger partial charge in [-0.05, 0) is 35.9 Å². The topological polar surface area (TPSA) is 69.6 Å². The average Bonchev–Trinajstić information content (AvgIpc) is 3.23. The van der Waals surface area contributed by atoms with Gasteiger partial charge in [0.15, 0.2) is 11.5 Å². The van der Waals surface area contributed by atoms with Gasteiger partial charge in [-0.2, -0.15) is 0 Å². The molecule has 1 amide bonds. The molecular formula is C19H15FN2O4. The van der Waals surface area contributed by atoms with E-state index in [9.17, 15) is 14.0 Å². The molecule has 1 aliphatic heterocycles. The van der Waals surface area contributed by atoms with Crippen LogP contribution in [0.1, 0.15) is 27.6 Å². The predicted molar refractivity (Wildman–Crippen MR) is 91.9 cm³/mol. The summed E-state index contributed by atoms with van der Waals surface area (Å²) in [5.74, 6) is 0.186. The first-order valence-corrected chi connectivity index (χ1v) is 8.01. The van der Waals surface area contributed by atoms with Gasteiger partial charge in [-0.25, -0.2) is 4.39 Å². The van der Waals surface area contributed by atoms with Crippen molar-refractivity contribution in [3.63, 3.8) is 0 Å². The molecule has 0 spiro atoms. The summed E-state index contributed by atoms with van der Waals surface area (Å²) in [4.78, 5) is 24.4. The van der Waals surface area contributed by atoms with Crippen molar-refractivity contribution in [3.8, 4) is 11.5 Å². The molecule has 2 aromatic carbocycles. The molecule has 3 aromatic rings. The molecule has 2 heterocycles. The summed E-state index contributed by atoms with van der Waals surface area (Å²) in [5, 5.41) is 3.18. The number of amides is 1. The number of carbonyl (C=O) groups excluding carboxylic acids is 2. The van der Waals surface area contributed by atoms with Crippen LogP contribution in [0.3, 0.4) is 0 Å². The van der Waals surface area contributed by atoms with Crippen LogP contribution < -0.4 is 14.8 Å². The van der Waals surface area contributed by atoms with E-state index >= 15 is 0 Å². The second kappa shape index (κ2) is 6.18. The minimum absolute atomic E-state index is 0.182. The van der Waals surface area contributed by atoms with Crippen LogP contribution in [0.2, 0.25) is 0 Å². The molecule has 0 saturated heterocycles. The van der Waals surface area contributed by atoms with Crippen molar-refractivity contribution in [2.24, 2.45) is 0 Å². The highest BCUT2D eigenvalue weighted by Gasteiger charge is 2.18. The van der Waals surface area contributed by atoms with Gasteiger partial charge < -0.3 is 14.8 Å². The fourth-order valence-corrected chi connectivity index (χ4v) is 2.97. The van der Waals surface area contributed by atoms with E-state index in [0.29, 0.717) is 22.4 Å². The standard InChI is InChI=1S/C19H15FN2O4/c1-11(23)22-9-15(14-7-13(20)3-4-16(14)22)19(24)21-8-12-2-5-17-18(6-12)26-10-25-17/h2-7,9H,8,10H2,1H3,(H,21,24). The van der Waals surface area contributed by atoms with Crippen molar-refractivity contribution in [2.75, 3.05) is 6.79 Å². The fraction of sp³-hybridized carbons (Fsp3) is 0.158. The summed E-state index contributed by atoms with van der Waals surface area (Å²) >= 11 is 0. The maximum Gasteiger partial charge on any atom is 0.253 e. The third-order valence-electron chi connectivity index (χ3n) is 4.24. The Hall–Kier alpha value is -3.35. The summed E-state index contributed by atoms with van der Waals surface area (Å²) in [6.45, 7) is 1.83. The summed E-state index contributed by atoms with van der Waals surface area (Å²) in [6, 6.07) is 9.40. The van der Waals surface area contributed by atoms with E-state index in [2.05, 4.69) is 5.32 Å².